The number of esters is 3. The quantitative estimate of drug-likeness (QED) is 0.487. The van der Waals surface area contributed by atoms with Crippen LogP contribution in [0.4, 0.5) is 13.2 Å². The number of carbonyl (C=O) groups is 3. The maximum Gasteiger partial charge on any atom is 0.418 e. The average molecular weight is 473 g/mol. The van der Waals surface area contributed by atoms with E-state index < -0.39 is 65.8 Å². The largest absolute Gasteiger partial charge is 0.456 e. The number of hydrogen-bond donors (Lipinski definition) is 0. The van der Waals surface area contributed by atoms with Crippen LogP contribution in [-0.2, 0) is 39.5 Å². The van der Waals surface area contributed by atoms with Gasteiger partial charge in [0.1, 0.15) is 5.52 Å². The molecule has 180 valence electrons. The van der Waals surface area contributed by atoms with Crippen LogP contribution in [0.1, 0.15) is 45.2 Å². The maximum atomic E-state index is 13.6. The number of imidazole rings is 1. The fourth-order valence-corrected chi connectivity index (χ4v) is 3.75. The third-order valence-electron chi connectivity index (χ3n) is 4.89. The van der Waals surface area contributed by atoms with Gasteiger partial charge in [-0.25, -0.2) is 9.97 Å². The molecule has 0 unspecified atom stereocenters. The molecule has 1 fully saturated rings. The molecule has 33 heavy (non-hydrogen) atoms. The van der Waals surface area contributed by atoms with E-state index in [1.165, 1.54) is 18.4 Å². The van der Waals surface area contributed by atoms with Crippen molar-refractivity contribution in [2.75, 3.05) is 0 Å². The molecule has 0 aromatic carbocycles. The summed E-state index contributed by atoms with van der Waals surface area (Å²) in [5.74, 6) is -2.25. The highest BCUT2D eigenvalue weighted by molar-refractivity contribution is 5.76. The Labute approximate surface area is 186 Å². The first-order chi connectivity index (χ1) is 15.3. The molecule has 3 rings (SSSR count). The van der Waals surface area contributed by atoms with Crippen LogP contribution in [0.15, 0.2) is 12.4 Å². The number of pyridine rings is 1. The molecule has 3 heterocycles. The lowest BCUT2D eigenvalue weighted by Gasteiger charge is -2.43. The number of fused-ring (bicyclic) bond motifs is 1. The van der Waals surface area contributed by atoms with Gasteiger partial charge < -0.3 is 18.9 Å². The molecule has 10 nitrogen and oxygen atoms in total. The lowest BCUT2D eigenvalue weighted by Crippen LogP contribution is -2.58. The van der Waals surface area contributed by atoms with Gasteiger partial charge in [-0.15, -0.1) is 0 Å². The van der Waals surface area contributed by atoms with E-state index in [0.29, 0.717) is 0 Å². The molecule has 1 aliphatic heterocycles. The van der Waals surface area contributed by atoms with Crippen LogP contribution < -0.4 is 0 Å². The normalized spacial score (nSPS) is 25.5. The number of carbonyl (C=O) groups excluding carboxylic acids is 3. The van der Waals surface area contributed by atoms with Gasteiger partial charge in [0.15, 0.2) is 30.2 Å². The van der Waals surface area contributed by atoms with Crippen LogP contribution in [0.3, 0.4) is 0 Å². The molecule has 1 saturated heterocycles. The zero-order valence-electron chi connectivity index (χ0n) is 18.4. The Morgan fingerprint density at radius 3 is 2.09 bits per heavy atom. The lowest BCUT2D eigenvalue weighted by atomic mass is 9.97. The summed E-state index contributed by atoms with van der Waals surface area (Å²) in [6, 6.07) is 0.867. The third-order valence-corrected chi connectivity index (χ3v) is 4.89. The highest BCUT2D eigenvalue weighted by Gasteiger charge is 2.51. The van der Waals surface area contributed by atoms with Gasteiger partial charge in [-0.1, -0.05) is 0 Å². The molecular weight excluding hydrogens is 451 g/mol. The van der Waals surface area contributed by atoms with Gasteiger partial charge in [0.05, 0.1) is 18.0 Å². The number of hydrogen-bond acceptors (Lipinski definition) is 9. The smallest absolute Gasteiger partial charge is 0.418 e. The van der Waals surface area contributed by atoms with Crippen molar-refractivity contribution in [3.05, 3.63) is 23.7 Å². The van der Waals surface area contributed by atoms with E-state index in [1.807, 2.05) is 0 Å². The molecule has 2 aromatic rings. The Bertz CT molecular complexity index is 1080. The summed E-state index contributed by atoms with van der Waals surface area (Å²) < 4.78 is 63.6. The van der Waals surface area contributed by atoms with E-state index in [2.05, 4.69) is 9.97 Å². The zero-order chi connectivity index (χ0) is 24.7. The van der Waals surface area contributed by atoms with Crippen LogP contribution >= 0.6 is 0 Å². The summed E-state index contributed by atoms with van der Waals surface area (Å²) in [6.07, 6.45) is -9.67. The van der Waals surface area contributed by atoms with Crippen molar-refractivity contribution in [2.24, 2.45) is 0 Å². The van der Waals surface area contributed by atoms with Gasteiger partial charge in [-0.2, -0.15) is 13.2 Å². The molecule has 0 spiro atoms. The molecular formula is C20H22F3N3O7. The minimum Gasteiger partial charge on any atom is -0.456 e. The second-order valence-corrected chi connectivity index (χ2v) is 7.59. The Morgan fingerprint density at radius 2 is 1.55 bits per heavy atom. The molecule has 0 saturated carbocycles. The first-order valence-electron chi connectivity index (χ1n) is 9.88. The van der Waals surface area contributed by atoms with E-state index in [9.17, 15) is 27.6 Å². The zero-order valence-corrected chi connectivity index (χ0v) is 18.4. The van der Waals surface area contributed by atoms with Gasteiger partial charge in [-0.05, 0) is 19.9 Å². The van der Waals surface area contributed by atoms with Crippen molar-refractivity contribution < 1.29 is 46.5 Å². The molecule has 0 aliphatic carbocycles. The number of aromatic nitrogens is 3. The minimum atomic E-state index is -4.69. The van der Waals surface area contributed by atoms with Crippen LogP contribution in [0.5, 0.6) is 0 Å². The Hall–Kier alpha value is -3.22. The summed E-state index contributed by atoms with van der Waals surface area (Å²) in [5.41, 5.74) is -1.54. The van der Waals surface area contributed by atoms with E-state index in [0.717, 1.165) is 33.2 Å². The van der Waals surface area contributed by atoms with Crippen LogP contribution in [0, 0.1) is 6.92 Å². The Morgan fingerprint density at radius 1 is 1.00 bits per heavy atom. The summed E-state index contributed by atoms with van der Waals surface area (Å²) in [4.78, 5) is 43.3. The molecule has 0 bridgehead atoms. The van der Waals surface area contributed by atoms with E-state index in [-0.39, 0.29) is 11.3 Å². The number of nitrogens with zero attached hydrogens (tertiary/aromatic N) is 3. The lowest BCUT2D eigenvalue weighted by molar-refractivity contribution is -0.259. The SMILES string of the molecule is CC(=O)O[C@@H]1[C@@H](OC(C)=O)[C@H](C)O[C@@H](n2cnc3c(C(F)(F)F)cc(C)nc32)[C@@H]1OC(C)=O. The average Bonchev–Trinajstić information content (AvgIpc) is 3.07. The first kappa shape index (κ1) is 24.4. The third kappa shape index (κ3) is 5.07. The van der Waals surface area contributed by atoms with Gasteiger partial charge in [0.2, 0.25) is 0 Å². The topological polar surface area (TPSA) is 119 Å². The second kappa shape index (κ2) is 8.96. The van der Waals surface area contributed by atoms with Crippen molar-refractivity contribution in [3.63, 3.8) is 0 Å². The van der Waals surface area contributed by atoms with Crippen LogP contribution in [-0.4, -0.2) is 56.9 Å². The summed E-state index contributed by atoms with van der Waals surface area (Å²) in [7, 11) is 0. The van der Waals surface area contributed by atoms with Crippen molar-refractivity contribution >= 4 is 29.1 Å². The van der Waals surface area contributed by atoms with Gasteiger partial charge in [-0.3, -0.25) is 19.0 Å². The molecule has 0 N–H and O–H groups in total. The van der Waals surface area contributed by atoms with Gasteiger partial charge in [0, 0.05) is 26.5 Å². The summed E-state index contributed by atoms with van der Waals surface area (Å²) >= 11 is 0. The molecule has 13 heteroatoms. The van der Waals surface area contributed by atoms with E-state index in [1.54, 1.807) is 0 Å². The van der Waals surface area contributed by atoms with Crippen molar-refractivity contribution in [3.8, 4) is 0 Å². The standard InChI is InChI=1S/C20H22F3N3O7/c1-8-6-13(20(21,22)23)14-18(25-8)26(7-24-14)19-17(33-12(5)29)16(32-11(4)28)15(9(2)30-19)31-10(3)27/h6-7,9,15-17,19H,1-5H3/t9-,15-,16+,17+,19+/m0/s1. The van der Waals surface area contributed by atoms with Crippen molar-refractivity contribution in [1.82, 2.24) is 14.5 Å². The predicted molar refractivity (Wildman–Crippen MR) is 104 cm³/mol. The van der Waals surface area contributed by atoms with Crippen LogP contribution in [0.2, 0.25) is 0 Å². The fourth-order valence-electron chi connectivity index (χ4n) is 3.75. The predicted octanol–water partition coefficient (Wildman–Crippen LogP) is 2.47. The highest BCUT2D eigenvalue weighted by atomic mass is 19.4. The second-order valence-electron chi connectivity index (χ2n) is 7.59. The molecule has 2 aromatic heterocycles. The first-order valence-corrected chi connectivity index (χ1v) is 9.88. The van der Waals surface area contributed by atoms with Crippen molar-refractivity contribution in [2.45, 2.75) is 71.4 Å². The maximum absolute atomic E-state index is 13.6. The number of ether oxygens (including phenoxy) is 4. The number of aryl methyl sites for hydroxylation is 1. The van der Waals surface area contributed by atoms with Gasteiger partial charge in [0.25, 0.3) is 0 Å². The van der Waals surface area contributed by atoms with Gasteiger partial charge >= 0.3 is 24.1 Å². The monoisotopic (exact) mass is 473 g/mol. The summed E-state index contributed by atoms with van der Waals surface area (Å²) in [6.45, 7) is 6.24. The molecule has 5 atom stereocenters. The number of rotatable bonds is 4. The van der Waals surface area contributed by atoms with E-state index in [4.69, 9.17) is 18.9 Å². The summed E-state index contributed by atoms with van der Waals surface area (Å²) in [5, 5.41) is 0. The Balaban J connectivity index is 2.17. The molecule has 1 aliphatic rings. The number of halogens is 3. The Kier molecular flexibility index (Phi) is 6.63. The fraction of sp³-hybridized carbons (Fsp3) is 0.550. The highest BCUT2D eigenvalue weighted by Crippen LogP contribution is 2.38. The van der Waals surface area contributed by atoms with Crippen molar-refractivity contribution in [1.29, 1.82) is 0 Å². The molecule has 0 amide bonds. The number of alkyl halides is 3. The molecule has 0 radical (unpaired) electrons. The van der Waals surface area contributed by atoms with Crippen LogP contribution in [0.25, 0.3) is 11.2 Å². The van der Waals surface area contributed by atoms with E-state index >= 15 is 0 Å². The minimum absolute atomic E-state index is 0.0683.